The molecule has 2 N–H and O–H groups in total. The third kappa shape index (κ3) is 1.78. The minimum absolute atomic E-state index is 0.486. The van der Waals surface area contributed by atoms with Crippen LogP contribution in [0.4, 0.5) is 5.95 Å². The monoisotopic (exact) mass is 217 g/mol. The molecule has 0 atom stereocenters. The first kappa shape index (κ1) is 10.7. The molecule has 1 aromatic carbocycles. The summed E-state index contributed by atoms with van der Waals surface area (Å²) in [6.07, 6.45) is 0.836. The molecule has 0 amide bonds. The molecule has 0 unspecified atom stereocenters. The molecule has 1 aromatic heterocycles. The third-order valence-electron chi connectivity index (χ3n) is 2.49. The quantitative estimate of drug-likeness (QED) is 0.801. The standard InChI is InChI=1S/C12H15N3O/c1-8(2)6-15-11-5-9(7-16)3-4-10(11)14-12(15)13/h3-5,7-8H,6H2,1-2H3,(H2,13,14). The molecule has 0 saturated carbocycles. The number of fused-ring (bicyclic) bond motifs is 1. The second-order valence-corrected chi connectivity index (χ2v) is 4.34. The van der Waals surface area contributed by atoms with Gasteiger partial charge in [-0.3, -0.25) is 4.79 Å². The molecule has 1 heterocycles. The van der Waals surface area contributed by atoms with Crippen molar-refractivity contribution in [1.82, 2.24) is 9.55 Å². The number of rotatable bonds is 3. The molecule has 2 rings (SSSR count). The van der Waals surface area contributed by atoms with Gasteiger partial charge in [-0.1, -0.05) is 13.8 Å². The maximum atomic E-state index is 10.7. The van der Waals surface area contributed by atoms with Crippen molar-refractivity contribution >= 4 is 23.3 Å². The molecule has 16 heavy (non-hydrogen) atoms. The fourth-order valence-corrected chi connectivity index (χ4v) is 1.79. The Morgan fingerprint density at radius 1 is 1.50 bits per heavy atom. The number of nitrogen functional groups attached to an aromatic ring is 1. The van der Waals surface area contributed by atoms with Gasteiger partial charge in [0.2, 0.25) is 5.95 Å². The van der Waals surface area contributed by atoms with Crippen LogP contribution >= 0.6 is 0 Å². The first-order valence-electron chi connectivity index (χ1n) is 5.32. The molecule has 0 spiro atoms. The lowest BCUT2D eigenvalue weighted by atomic mass is 10.2. The van der Waals surface area contributed by atoms with Gasteiger partial charge in [0.15, 0.2) is 0 Å². The number of aldehydes is 1. The third-order valence-corrected chi connectivity index (χ3v) is 2.49. The fraction of sp³-hybridized carbons (Fsp3) is 0.333. The summed E-state index contributed by atoms with van der Waals surface area (Å²) < 4.78 is 1.95. The van der Waals surface area contributed by atoms with Crippen molar-refractivity contribution in [3.05, 3.63) is 23.8 Å². The van der Waals surface area contributed by atoms with Crippen LogP contribution < -0.4 is 5.73 Å². The predicted octanol–water partition coefficient (Wildman–Crippen LogP) is 2.09. The average molecular weight is 217 g/mol. The molecule has 4 nitrogen and oxygen atoms in total. The maximum Gasteiger partial charge on any atom is 0.201 e. The fourth-order valence-electron chi connectivity index (χ4n) is 1.79. The van der Waals surface area contributed by atoms with Gasteiger partial charge in [-0.05, 0) is 24.1 Å². The van der Waals surface area contributed by atoms with E-state index in [1.807, 2.05) is 16.7 Å². The van der Waals surface area contributed by atoms with Crippen molar-refractivity contribution in [3.63, 3.8) is 0 Å². The van der Waals surface area contributed by atoms with Crippen LogP contribution in [0.1, 0.15) is 24.2 Å². The molecule has 0 aliphatic rings. The second kappa shape index (κ2) is 3.96. The highest BCUT2D eigenvalue weighted by atomic mass is 16.1. The molecule has 0 aliphatic heterocycles. The normalized spacial score (nSPS) is 11.2. The van der Waals surface area contributed by atoms with Crippen molar-refractivity contribution in [1.29, 1.82) is 0 Å². The highest BCUT2D eigenvalue weighted by molar-refractivity contribution is 5.86. The number of carbonyl (C=O) groups excluding carboxylic acids is 1. The zero-order valence-corrected chi connectivity index (χ0v) is 9.47. The van der Waals surface area contributed by atoms with Gasteiger partial charge in [-0.2, -0.15) is 0 Å². The maximum absolute atomic E-state index is 10.7. The lowest BCUT2D eigenvalue weighted by molar-refractivity contribution is 0.112. The van der Waals surface area contributed by atoms with Crippen LogP contribution in [0.5, 0.6) is 0 Å². The van der Waals surface area contributed by atoms with Crippen LogP contribution in [0.2, 0.25) is 0 Å². The number of carbonyl (C=O) groups is 1. The Morgan fingerprint density at radius 2 is 2.25 bits per heavy atom. The van der Waals surface area contributed by atoms with Crippen LogP contribution in [0.25, 0.3) is 11.0 Å². The van der Waals surface area contributed by atoms with E-state index in [0.29, 0.717) is 17.4 Å². The van der Waals surface area contributed by atoms with E-state index in [2.05, 4.69) is 18.8 Å². The average Bonchev–Trinajstić information content (AvgIpc) is 2.54. The molecule has 0 aliphatic carbocycles. The predicted molar refractivity (Wildman–Crippen MR) is 64.4 cm³/mol. The Morgan fingerprint density at radius 3 is 2.88 bits per heavy atom. The minimum Gasteiger partial charge on any atom is -0.369 e. The lowest BCUT2D eigenvalue weighted by Crippen LogP contribution is -2.07. The number of imidazole rings is 1. The van der Waals surface area contributed by atoms with Gasteiger partial charge in [0.25, 0.3) is 0 Å². The van der Waals surface area contributed by atoms with Crippen LogP contribution in [-0.2, 0) is 6.54 Å². The van der Waals surface area contributed by atoms with Crippen molar-refractivity contribution in [2.75, 3.05) is 5.73 Å². The van der Waals surface area contributed by atoms with E-state index in [0.717, 1.165) is 23.9 Å². The van der Waals surface area contributed by atoms with E-state index in [1.165, 1.54) is 0 Å². The summed E-state index contributed by atoms with van der Waals surface area (Å²) >= 11 is 0. The number of aromatic nitrogens is 2. The minimum atomic E-state index is 0.486. The Hall–Kier alpha value is -1.84. The summed E-state index contributed by atoms with van der Waals surface area (Å²) in [7, 11) is 0. The lowest BCUT2D eigenvalue weighted by Gasteiger charge is -2.09. The van der Waals surface area contributed by atoms with Crippen LogP contribution in [0.3, 0.4) is 0 Å². The Kier molecular flexibility index (Phi) is 2.64. The number of benzene rings is 1. The van der Waals surface area contributed by atoms with Crippen LogP contribution in [-0.4, -0.2) is 15.8 Å². The van der Waals surface area contributed by atoms with E-state index in [1.54, 1.807) is 6.07 Å². The molecule has 0 fully saturated rings. The number of hydrogen-bond acceptors (Lipinski definition) is 3. The van der Waals surface area contributed by atoms with Gasteiger partial charge >= 0.3 is 0 Å². The largest absolute Gasteiger partial charge is 0.369 e. The highest BCUT2D eigenvalue weighted by Gasteiger charge is 2.09. The summed E-state index contributed by atoms with van der Waals surface area (Å²) in [5.41, 5.74) is 8.27. The first-order valence-corrected chi connectivity index (χ1v) is 5.32. The van der Waals surface area contributed by atoms with E-state index in [4.69, 9.17) is 5.73 Å². The van der Waals surface area contributed by atoms with E-state index >= 15 is 0 Å². The van der Waals surface area contributed by atoms with Gasteiger partial charge in [-0.25, -0.2) is 4.98 Å². The van der Waals surface area contributed by atoms with Crippen molar-refractivity contribution in [3.8, 4) is 0 Å². The molecular weight excluding hydrogens is 202 g/mol. The van der Waals surface area contributed by atoms with Crippen LogP contribution in [0.15, 0.2) is 18.2 Å². The zero-order valence-electron chi connectivity index (χ0n) is 9.47. The molecule has 0 saturated heterocycles. The molecule has 0 radical (unpaired) electrons. The van der Waals surface area contributed by atoms with E-state index in [-0.39, 0.29) is 0 Å². The smallest absolute Gasteiger partial charge is 0.201 e. The SMILES string of the molecule is CC(C)Cn1c(N)nc2ccc(C=O)cc21. The van der Waals surface area contributed by atoms with Gasteiger partial charge < -0.3 is 10.3 Å². The molecular formula is C12H15N3O. The van der Waals surface area contributed by atoms with E-state index < -0.39 is 0 Å². The van der Waals surface area contributed by atoms with Crippen molar-refractivity contribution in [2.45, 2.75) is 20.4 Å². The highest BCUT2D eigenvalue weighted by Crippen LogP contribution is 2.20. The summed E-state index contributed by atoms with van der Waals surface area (Å²) in [6.45, 7) is 5.05. The van der Waals surface area contributed by atoms with Gasteiger partial charge in [0, 0.05) is 12.1 Å². The second-order valence-electron chi connectivity index (χ2n) is 4.34. The number of nitrogens with two attached hydrogens (primary N) is 1. The van der Waals surface area contributed by atoms with Gasteiger partial charge in [0.05, 0.1) is 11.0 Å². The molecule has 4 heteroatoms. The number of nitrogens with zero attached hydrogens (tertiary/aromatic N) is 2. The van der Waals surface area contributed by atoms with Gasteiger partial charge in [0.1, 0.15) is 6.29 Å². The molecule has 2 aromatic rings. The number of anilines is 1. The van der Waals surface area contributed by atoms with Crippen LogP contribution in [0, 0.1) is 5.92 Å². The first-order chi connectivity index (χ1) is 7.61. The topological polar surface area (TPSA) is 60.9 Å². The summed E-state index contributed by atoms with van der Waals surface area (Å²) in [4.78, 5) is 15.0. The summed E-state index contributed by atoms with van der Waals surface area (Å²) in [6, 6.07) is 5.40. The molecule has 0 bridgehead atoms. The van der Waals surface area contributed by atoms with Crippen molar-refractivity contribution in [2.24, 2.45) is 5.92 Å². The van der Waals surface area contributed by atoms with E-state index in [9.17, 15) is 4.79 Å². The summed E-state index contributed by atoms with van der Waals surface area (Å²) in [5.74, 6) is 0.992. The summed E-state index contributed by atoms with van der Waals surface area (Å²) in [5, 5.41) is 0. The number of hydrogen-bond donors (Lipinski definition) is 1. The van der Waals surface area contributed by atoms with Gasteiger partial charge in [-0.15, -0.1) is 0 Å². The zero-order chi connectivity index (χ0) is 11.7. The molecule has 84 valence electrons. The Balaban J connectivity index is 2.61. The Labute approximate surface area is 94.1 Å². The Bertz CT molecular complexity index is 528. The van der Waals surface area contributed by atoms with Crippen molar-refractivity contribution < 1.29 is 4.79 Å².